The van der Waals surface area contributed by atoms with Crippen molar-refractivity contribution in [1.82, 2.24) is 0 Å². The third-order valence-corrected chi connectivity index (χ3v) is 2.81. The third-order valence-electron chi connectivity index (χ3n) is 2.81. The molecule has 0 radical (unpaired) electrons. The van der Waals surface area contributed by atoms with Crippen LogP contribution in [-0.4, -0.2) is 43.2 Å². The number of benzene rings is 1. The predicted molar refractivity (Wildman–Crippen MR) is 73.8 cm³/mol. The van der Waals surface area contributed by atoms with E-state index in [0.29, 0.717) is 12.2 Å². The van der Waals surface area contributed by atoms with Crippen LogP contribution in [0.15, 0.2) is 35.3 Å². The van der Waals surface area contributed by atoms with Crippen molar-refractivity contribution in [3.05, 3.63) is 35.9 Å². The molecule has 0 fully saturated rings. The van der Waals surface area contributed by atoms with Crippen molar-refractivity contribution >= 4 is 17.8 Å². The minimum atomic E-state index is -1.70. The molecule has 2 atom stereocenters. The fourth-order valence-corrected chi connectivity index (χ4v) is 1.88. The van der Waals surface area contributed by atoms with Gasteiger partial charge in [0.05, 0.1) is 12.2 Å². The molecule has 6 nitrogen and oxygen atoms in total. The SMILES string of the molecule is CCOC(=O)[C@@H]([O-])[C@H]1N=C(c2ccccc2)OC1=[O+]CC. The lowest BCUT2D eigenvalue weighted by Gasteiger charge is -2.19. The van der Waals surface area contributed by atoms with Crippen LogP contribution < -0.4 is 5.11 Å². The van der Waals surface area contributed by atoms with E-state index in [1.807, 2.05) is 18.2 Å². The molecule has 0 bridgehead atoms. The van der Waals surface area contributed by atoms with Gasteiger partial charge in [-0.05, 0) is 26.0 Å². The molecule has 6 heteroatoms. The zero-order valence-electron chi connectivity index (χ0n) is 11.9. The van der Waals surface area contributed by atoms with Crippen molar-refractivity contribution in [3.63, 3.8) is 0 Å². The number of hydrogen-bond acceptors (Lipinski definition) is 5. The lowest BCUT2D eigenvalue weighted by atomic mass is 10.2. The highest BCUT2D eigenvalue weighted by molar-refractivity contribution is 6.07. The molecule has 2 rings (SSSR count). The van der Waals surface area contributed by atoms with E-state index in [9.17, 15) is 9.90 Å². The maximum atomic E-state index is 12.1. The highest BCUT2D eigenvalue weighted by Crippen LogP contribution is 2.16. The van der Waals surface area contributed by atoms with Gasteiger partial charge in [0, 0.05) is 6.10 Å². The van der Waals surface area contributed by atoms with Gasteiger partial charge in [0.1, 0.15) is 0 Å². The van der Waals surface area contributed by atoms with E-state index in [1.54, 1.807) is 26.0 Å². The second-order valence-corrected chi connectivity index (χ2v) is 4.27. The van der Waals surface area contributed by atoms with Gasteiger partial charge in [-0.1, -0.05) is 18.2 Å². The summed E-state index contributed by atoms with van der Waals surface area (Å²) in [7, 11) is 0. The van der Waals surface area contributed by atoms with Gasteiger partial charge in [0.15, 0.2) is 6.61 Å². The van der Waals surface area contributed by atoms with E-state index in [0.717, 1.165) is 0 Å². The minimum absolute atomic E-state index is 0.0457. The molecule has 0 saturated heterocycles. The Morgan fingerprint density at radius 2 is 2.14 bits per heavy atom. The summed E-state index contributed by atoms with van der Waals surface area (Å²) < 4.78 is 15.5. The fraction of sp³-hybridized carbons (Fsp3) is 0.400. The molecule has 112 valence electrons. The van der Waals surface area contributed by atoms with Gasteiger partial charge in [-0.3, -0.25) is 9.53 Å². The second-order valence-electron chi connectivity index (χ2n) is 4.27. The Morgan fingerprint density at radius 1 is 1.43 bits per heavy atom. The molecular formula is C15H17NO5. The van der Waals surface area contributed by atoms with E-state index < -0.39 is 18.1 Å². The molecular weight excluding hydrogens is 274 g/mol. The van der Waals surface area contributed by atoms with E-state index in [2.05, 4.69) is 4.99 Å². The molecule has 1 aliphatic heterocycles. The van der Waals surface area contributed by atoms with E-state index in [1.165, 1.54) is 0 Å². The van der Waals surface area contributed by atoms with Crippen molar-refractivity contribution in [3.8, 4) is 0 Å². The van der Waals surface area contributed by atoms with Gasteiger partial charge in [-0.25, -0.2) is 4.99 Å². The number of cyclic esters (lactones) is 1. The number of carbonyl (C=O) groups excluding carboxylic acids is 2. The van der Waals surface area contributed by atoms with Crippen LogP contribution in [0.3, 0.4) is 0 Å². The average Bonchev–Trinajstić information content (AvgIpc) is 2.92. The van der Waals surface area contributed by atoms with E-state index in [4.69, 9.17) is 13.9 Å². The highest BCUT2D eigenvalue weighted by atomic mass is 16.6. The van der Waals surface area contributed by atoms with Crippen molar-refractivity contribution in [2.75, 3.05) is 13.2 Å². The molecule has 1 aromatic rings. The molecule has 0 N–H and O–H groups in total. The summed E-state index contributed by atoms with van der Waals surface area (Å²) in [6, 6.07) is 8.09. The van der Waals surface area contributed by atoms with Gasteiger partial charge in [-0.2, -0.15) is 0 Å². The van der Waals surface area contributed by atoms with Crippen molar-refractivity contribution in [1.29, 1.82) is 0 Å². The largest absolute Gasteiger partial charge is 0.842 e. The molecule has 0 aliphatic carbocycles. The third kappa shape index (κ3) is 3.46. The number of hydrogen-bond donors (Lipinski definition) is 0. The first-order valence-corrected chi connectivity index (χ1v) is 6.80. The summed E-state index contributed by atoms with van der Waals surface area (Å²) >= 11 is 0. The number of rotatable bonds is 5. The van der Waals surface area contributed by atoms with E-state index >= 15 is 0 Å². The Bertz CT molecular complexity index is 552. The standard InChI is InChI=1S/C15H17NO5/c1-3-19-14(18)12(17)11-15(20-4-2)21-13(16-11)10-8-6-5-7-9-10/h5-9,11-12H,3-4H2,1-2H3/t11-,12+/m1/s1. The Kier molecular flexibility index (Phi) is 5.05. The monoisotopic (exact) mass is 291 g/mol. The lowest BCUT2D eigenvalue weighted by Crippen LogP contribution is -2.48. The quantitative estimate of drug-likeness (QED) is 0.573. The summed E-state index contributed by atoms with van der Waals surface area (Å²) in [5.41, 5.74) is 0.716. The molecule has 0 amide bonds. The first kappa shape index (κ1) is 15.2. The van der Waals surface area contributed by atoms with Crippen LogP contribution in [-0.2, 0) is 18.7 Å². The van der Waals surface area contributed by atoms with Crippen LogP contribution in [0.1, 0.15) is 19.4 Å². The van der Waals surface area contributed by atoms with Crippen LogP contribution in [0.4, 0.5) is 0 Å². The average molecular weight is 291 g/mol. The molecule has 1 heterocycles. The maximum Gasteiger partial charge on any atom is 0.517 e. The van der Waals surface area contributed by atoms with Crippen LogP contribution in [0.25, 0.3) is 0 Å². The van der Waals surface area contributed by atoms with Crippen molar-refractivity contribution < 1.29 is 23.8 Å². The molecule has 1 aromatic carbocycles. The zero-order valence-corrected chi connectivity index (χ0v) is 11.9. The second kappa shape index (κ2) is 6.99. The first-order chi connectivity index (χ1) is 10.2. The number of aliphatic imine (C=N–C) groups is 1. The first-order valence-electron chi connectivity index (χ1n) is 6.80. The summed E-state index contributed by atoms with van der Waals surface area (Å²) in [6.07, 6.45) is -1.70. The van der Waals surface area contributed by atoms with Crippen molar-refractivity contribution in [2.24, 2.45) is 4.99 Å². The van der Waals surface area contributed by atoms with E-state index in [-0.39, 0.29) is 18.5 Å². The molecule has 0 saturated carbocycles. The fourth-order valence-electron chi connectivity index (χ4n) is 1.88. The van der Waals surface area contributed by atoms with Crippen LogP contribution >= 0.6 is 0 Å². The van der Waals surface area contributed by atoms with Crippen molar-refractivity contribution in [2.45, 2.75) is 26.0 Å². The van der Waals surface area contributed by atoms with Crippen LogP contribution in [0, 0.1) is 0 Å². The normalized spacial score (nSPS) is 20.8. The van der Waals surface area contributed by atoms with Crippen LogP contribution in [0.5, 0.6) is 0 Å². The molecule has 0 aromatic heterocycles. The smallest absolute Gasteiger partial charge is 0.517 e. The number of nitrogens with zero attached hydrogens (tertiary/aromatic N) is 1. The van der Waals surface area contributed by atoms with Crippen LogP contribution in [0.2, 0.25) is 0 Å². The summed E-state index contributed by atoms with van der Waals surface area (Å²) in [6.45, 7) is 3.86. The highest BCUT2D eigenvalue weighted by Gasteiger charge is 2.43. The summed E-state index contributed by atoms with van der Waals surface area (Å²) in [4.78, 5) is 15.8. The van der Waals surface area contributed by atoms with Gasteiger partial charge < -0.3 is 14.3 Å². The topological polar surface area (TPSA) is 82.2 Å². The summed E-state index contributed by atoms with van der Waals surface area (Å²) in [5.74, 6) is -0.542. The number of esters is 2. The van der Waals surface area contributed by atoms with Gasteiger partial charge in [0.25, 0.3) is 5.97 Å². The molecule has 0 unspecified atom stereocenters. The Hall–Kier alpha value is -2.21. The Balaban J connectivity index is 2.26. The molecule has 21 heavy (non-hydrogen) atoms. The predicted octanol–water partition coefficient (Wildman–Crippen LogP) is 0.206. The van der Waals surface area contributed by atoms with Gasteiger partial charge >= 0.3 is 11.9 Å². The zero-order chi connectivity index (χ0) is 15.2. The Morgan fingerprint density at radius 3 is 2.76 bits per heavy atom. The summed E-state index contributed by atoms with van der Waals surface area (Å²) in [5, 5.41) is 12.1. The lowest BCUT2D eigenvalue weighted by molar-refractivity contribution is -0.467. The Labute approximate surface area is 122 Å². The number of ether oxygens (including phenoxy) is 2. The molecule has 1 aliphatic rings. The molecule has 0 spiro atoms. The minimum Gasteiger partial charge on any atom is -0.842 e. The number of carbonyl (C=O) groups is 1. The maximum absolute atomic E-state index is 12.1. The van der Waals surface area contributed by atoms with Gasteiger partial charge in [0.2, 0.25) is 6.04 Å². The van der Waals surface area contributed by atoms with Gasteiger partial charge in [-0.15, -0.1) is 0 Å².